The van der Waals surface area contributed by atoms with Crippen LogP contribution in [-0.2, 0) is 0 Å². The molecule has 1 atom stereocenters. The Morgan fingerprint density at radius 3 is 2.55 bits per heavy atom. The molecular weight excluding hydrogens is 258 g/mol. The van der Waals surface area contributed by atoms with Crippen LogP contribution in [0.5, 0.6) is 0 Å². The average molecular weight is 279 g/mol. The maximum absolute atomic E-state index is 12.4. The zero-order valence-corrected chi connectivity index (χ0v) is 12.4. The Labute approximate surface area is 118 Å². The molecule has 0 unspecified atom stereocenters. The lowest BCUT2D eigenvalue weighted by molar-refractivity contribution is -0.0974. The molecule has 5 heteroatoms. The number of rotatable bonds is 1. The van der Waals surface area contributed by atoms with Crippen LogP contribution in [0.3, 0.4) is 0 Å². The zero-order valence-electron chi connectivity index (χ0n) is 12.4. The minimum Gasteiger partial charge on any atom is -0.456 e. The monoisotopic (exact) mass is 279 g/mol. The molecule has 5 nitrogen and oxygen atoms in total. The van der Waals surface area contributed by atoms with E-state index in [1.807, 2.05) is 13.8 Å². The van der Waals surface area contributed by atoms with Crippen LogP contribution >= 0.6 is 0 Å². The van der Waals surface area contributed by atoms with E-state index >= 15 is 0 Å². The van der Waals surface area contributed by atoms with Crippen LogP contribution < -0.4 is 5.43 Å². The van der Waals surface area contributed by atoms with E-state index in [0.717, 1.165) is 0 Å². The van der Waals surface area contributed by atoms with Crippen molar-refractivity contribution >= 4 is 5.91 Å². The van der Waals surface area contributed by atoms with Gasteiger partial charge in [-0.25, -0.2) is 0 Å². The van der Waals surface area contributed by atoms with Crippen LogP contribution in [0.4, 0.5) is 0 Å². The molecule has 1 saturated heterocycles. The van der Waals surface area contributed by atoms with Crippen molar-refractivity contribution in [2.24, 2.45) is 5.41 Å². The predicted molar refractivity (Wildman–Crippen MR) is 74.6 cm³/mol. The molecule has 2 rings (SSSR count). The van der Waals surface area contributed by atoms with E-state index in [4.69, 9.17) is 4.42 Å². The van der Waals surface area contributed by atoms with Crippen molar-refractivity contribution in [2.45, 2.75) is 39.7 Å². The van der Waals surface area contributed by atoms with Gasteiger partial charge in [-0.3, -0.25) is 9.59 Å². The largest absolute Gasteiger partial charge is 0.456 e. The number of hydrogen-bond donors (Lipinski definition) is 1. The summed E-state index contributed by atoms with van der Waals surface area (Å²) in [5.74, 6) is 0.186. The van der Waals surface area contributed by atoms with Crippen molar-refractivity contribution in [2.75, 3.05) is 13.1 Å². The average Bonchev–Trinajstić information content (AvgIpc) is 2.30. The highest BCUT2D eigenvalue weighted by molar-refractivity contribution is 5.91. The molecule has 1 aliphatic rings. The van der Waals surface area contributed by atoms with E-state index in [0.29, 0.717) is 25.3 Å². The van der Waals surface area contributed by atoms with Gasteiger partial charge in [0.15, 0.2) is 11.2 Å². The first-order chi connectivity index (χ1) is 9.12. The summed E-state index contributed by atoms with van der Waals surface area (Å²) in [7, 11) is 0. The van der Waals surface area contributed by atoms with Crippen molar-refractivity contribution in [3.63, 3.8) is 0 Å². The summed E-state index contributed by atoms with van der Waals surface area (Å²) < 4.78 is 5.34. The molecule has 0 radical (unpaired) electrons. The summed E-state index contributed by atoms with van der Waals surface area (Å²) in [6, 6.07) is 2.57. The second kappa shape index (κ2) is 4.74. The number of likely N-dealkylation sites (tertiary alicyclic amines) is 1. The zero-order chi connectivity index (χ0) is 15.1. The lowest BCUT2D eigenvalue weighted by atomic mass is 9.71. The Morgan fingerprint density at radius 2 is 2.00 bits per heavy atom. The van der Waals surface area contributed by atoms with Gasteiger partial charge in [-0.1, -0.05) is 13.8 Å². The van der Waals surface area contributed by atoms with Crippen LogP contribution in [0.15, 0.2) is 21.3 Å². The fourth-order valence-electron chi connectivity index (χ4n) is 2.46. The van der Waals surface area contributed by atoms with Crippen LogP contribution in [0.1, 0.15) is 43.5 Å². The summed E-state index contributed by atoms with van der Waals surface area (Å²) in [4.78, 5) is 25.5. The lowest BCUT2D eigenvalue weighted by Gasteiger charge is -2.48. The van der Waals surface area contributed by atoms with E-state index in [9.17, 15) is 14.7 Å². The maximum Gasteiger partial charge on any atom is 0.289 e. The van der Waals surface area contributed by atoms with Crippen LogP contribution in [0.2, 0.25) is 0 Å². The molecule has 1 fully saturated rings. The number of carbonyl (C=O) groups excluding carboxylic acids is 1. The molecule has 0 spiro atoms. The van der Waals surface area contributed by atoms with E-state index in [2.05, 4.69) is 0 Å². The van der Waals surface area contributed by atoms with Crippen molar-refractivity contribution in [3.05, 3.63) is 33.9 Å². The Balaban J connectivity index is 2.25. The summed E-state index contributed by atoms with van der Waals surface area (Å²) in [6.45, 7) is 8.17. The molecule has 1 aliphatic heterocycles. The molecular formula is C15H21NO4. The van der Waals surface area contributed by atoms with Gasteiger partial charge in [0.25, 0.3) is 5.91 Å². The highest BCUT2D eigenvalue weighted by Gasteiger charge is 2.45. The highest BCUT2D eigenvalue weighted by atomic mass is 16.3. The van der Waals surface area contributed by atoms with Gasteiger partial charge in [0.05, 0.1) is 5.60 Å². The summed E-state index contributed by atoms with van der Waals surface area (Å²) >= 11 is 0. The smallest absolute Gasteiger partial charge is 0.289 e. The molecule has 0 saturated carbocycles. The fourth-order valence-corrected chi connectivity index (χ4v) is 2.46. The van der Waals surface area contributed by atoms with Gasteiger partial charge >= 0.3 is 0 Å². The molecule has 0 bridgehead atoms. The molecule has 0 aromatic carbocycles. The minimum atomic E-state index is -0.808. The Kier molecular flexibility index (Phi) is 3.50. The minimum absolute atomic E-state index is 0.0624. The topological polar surface area (TPSA) is 70.8 Å². The van der Waals surface area contributed by atoms with Crippen molar-refractivity contribution in [1.82, 2.24) is 4.90 Å². The molecule has 1 aromatic rings. The number of piperidine rings is 1. The first kappa shape index (κ1) is 14.8. The van der Waals surface area contributed by atoms with Gasteiger partial charge < -0.3 is 14.4 Å². The number of carbonyl (C=O) groups is 1. The third-order valence-corrected chi connectivity index (χ3v) is 4.30. The number of nitrogens with zero attached hydrogens (tertiary/aromatic N) is 1. The highest BCUT2D eigenvalue weighted by Crippen LogP contribution is 2.38. The van der Waals surface area contributed by atoms with Crippen LogP contribution in [-0.4, -0.2) is 34.6 Å². The first-order valence-electron chi connectivity index (χ1n) is 6.76. The maximum atomic E-state index is 12.4. The molecule has 2 heterocycles. The number of hydrogen-bond acceptors (Lipinski definition) is 4. The molecule has 1 amide bonds. The number of amides is 1. The number of aryl methyl sites for hydroxylation is 1. The van der Waals surface area contributed by atoms with Crippen molar-refractivity contribution in [1.29, 1.82) is 0 Å². The normalized spacial score (nSPS) is 25.6. The van der Waals surface area contributed by atoms with Gasteiger partial charge in [-0.15, -0.1) is 0 Å². The Bertz CT molecular complexity index is 586. The second-order valence-electron chi connectivity index (χ2n) is 6.40. The van der Waals surface area contributed by atoms with Gasteiger partial charge in [-0.2, -0.15) is 0 Å². The summed E-state index contributed by atoms with van der Waals surface area (Å²) in [5.41, 5.74) is -1.46. The van der Waals surface area contributed by atoms with Gasteiger partial charge in [0.2, 0.25) is 0 Å². The van der Waals surface area contributed by atoms with Gasteiger partial charge in [0, 0.05) is 30.6 Å². The Hall–Kier alpha value is -1.62. The van der Waals surface area contributed by atoms with E-state index < -0.39 is 11.0 Å². The Morgan fingerprint density at radius 1 is 1.35 bits per heavy atom. The fraction of sp³-hybridized carbons (Fsp3) is 0.600. The SMILES string of the molecule is Cc1cc(=O)cc(C(=O)N2CC[C@](C)(O)C(C)(C)C2)o1. The van der Waals surface area contributed by atoms with E-state index in [1.165, 1.54) is 12.1 Å². The molecule has 20 heavy (non-hydrogen) atoms. The van der Waals surface area contributed by atoms with E-state index in [1.54, 1.807) is 18.7 Å². The van der Waals surface area contributed by atoms with Gasteiger partial charge in [0.1, 0.15) is 5.76 Å². The molecule has 110 valence electrons. The third-order valence-electron chi connectivity index (χ3n) is 4.30. The lowest BCUT2D eigenvalue weighted by Crippen LogP contribution is -2.57. The quantitative estimate of drug-likeness (QED) is 0.847. The molecule has 0 aliphatic carbocycles. The number of aliphatic hydroxyl groups is 1. The second-order valence-corrected chi connectivity index (χ2v) is 6.40. The van der Waals surface area contributed by atoms with Crippen LogP contribution in [0.25, 0.3) is 0 Å². The van der Waals surface area contributed by atoms with Crippen molar-refractivity contribution < 1.29 is 14.3 Å². The van der Waals surface area contributed by atoms with Gasteiger partial charge in [-0.05, 0) is 20.3 Å². The standard InChI is InChI=1S/C15H21NO4/c1-10-7-11(17)8-12(20-10)13(18)16-6-5-15(4,19)14(2,3)9-16/h7-8,19H,5-6,9H2,1-4H3/t15-/m0/s1. The van der Waals surface area contributed by atoms with E-state index in [-0.39, 0.29) is 17.1 Å². The molecule has 1 aromatic heterocycles. The van der Waals surface area contributed by atoms with Crippen LogP contribution in [0, 0.1) is 12.3 Å². The third kappa shape index (κ3) is 2.63. The summed E-state index contributed by atoms with van der Waals surface area (Å²) in [6.07, 6.45) is 0.502. The van der Waals surface area contributed by atoms with Crippen molar-refractivity contribution in [3.8, 4) is 0 Å². The molecule has 1 N–H and O–H groups in total. The predicted octanol–water partition coefficient (Wildman–Crippen LogP) is 1.57. The summed E-state index contributed by atoms with van der Waals surface area (Å²) in [5, 5.41) is 10.3. The first-order valence-corrected chi connectivity index (χ1v) is 6.76.